The summed E-state index contributed by atoms with van der Waals surface area (Å²) in [5, 5.41) is 11.8. The zero-order valence-electron chi connectivity index (χ0n) is 15.5. The highest BCUT2D eigenvalue weighted by Gasteiger charge is 2.74. The highest BCUT2D eigenvalue weighted by Crippen LogP contribution is 2.65. The molecule has 5 heteroatoms. The molecule has 4 rings (SSSR count). The van der Waals surface area contributed by atoms with Gasteiger partial charge in [0.1, 0.15) is 23.6 Å². The van der Waals surface area contributed by atoms with Crippen LogP contribution in [0.5, 0.6) is 0 Å². The number of carbonyl (C=O) groups excluding carboxylic acids is 2. The first-order chi connectivity index (χ1) is 11.6. The molecule has 4 fully saturated rings. The lowest BCUT2D eigenvalue weighted by Gasteiger charge is -2.44. The number of esters is 1. The Balaban J connectivity index is 1.92. The van der Waals surface area contributed by atoms with Crippen molar-refractivity contribution in [3.05, 3.63) is 12.2 Å². The molecule has 0 amide bonds. The molecule has 7 atom stereocenters. The minimum atomic E-state index is -1.41. The maximum atomic E-state index is 13.0. The third-order valence-corrected chi connectivity index (χ3v) is 7.81. The van der Waals surface area contributed by atoms with Crippen molar-refractivity contribution in [2.75, 3.05) is 6.61 Å². The summed E-state index contributed by atoms with van der Waals surface area (Å²) in [6.07, 6.45) is 0.151. The fourth-order valence-corrected chi connectivity index (χ4v) is 6.44. The van der Waals surface area contributed by atoms with Crippen molar-refractivity contribution in [3.63, 3.8) is 0 Å². The molecule has 0 aromatic carbocycles. The monoisotopic (exact) mass is 348 g/mol. The van der Waals surface area contributed by atoms with E-state index in [0.717, 1.165) is 0 Å². The largest absolute Gasteiger partial charge is 0.462 e. The van der Waals surface area contributed by atoms with Crippen molar-refractivity contribution in [1.82, 2.24) is 0 Å². The van der Waals surface area contributed by atoms with Crippen LogP contribution in [0.1, 0.15) is 47.0 Å². The predicted octanol–water partition coefficient (Wildman–Crippen LogP) is 2.27. The Morgan fingerprint density at radius 3 is 2.60 bits per heavy atom. The number of rotatable bonds is 1. The van der Waals surface area contributed by atoms with Gasteiger partial charge >= 0.3 is 5.97 Å². The van der Waals surface area contributed by atoms with E-state index in [1.807, 2.05) is 6.92 Å². The molecule has 0 spiro atoms. The molecule has 0 aromatic rings. The van der Waals surface area contributed by atoms with Gasteiger partial charge in [-0.05, 0) is 29.2 Å². The topological polar surface area (TPSA) is 72.8 Å². The van der Waals surface area contributed by atoms with Gasteiger partial charge in [0.15, 0.2) is 0 Å². The van der Waals surface area contributed by atoms with E-state index in [2.05, 4.69) is 27.4 Å². The minimum Gasteiger partial charge on any atom is -0.462 e. The summed E-state index contributed by atoms with van der Waals surface area (Å²) in [4.78, 5) is 25.2. The molecule has 0 bridgehead atoms. The van der Waals surface area contributed by atoms with Crippen LogP contribution in [-0.2, 0) is 19.1 Å². The SMILES string of the molecule is C=C1CO[C@H]2[C@@H]3C(=O)C[C@@H](C(C)C)[C@]3(C)C[C@H]3OC(=O)C[C@@]3(C)[C@@]12O. The van der Waals surface area contributed by atoms with E-state index in [1.165, 1.54) is 0 Å². The third-order valence-electron chi connectivity index (χ3n) is 7.81. The quantitative estimate of drug-likeness (QED) is 0.581. The average Bonchev–Trinajstić information content (AvgIpc) is 3.04. The van der Waals surface area contributed by atoms with E-state index < -0.39 is 23.2 Å². The molecule has 5 nitrogen and oxygen atoms in total. The molecule has 2 heterocycles. The van der Waals surface area contributed by atoms with E-state index in [1.54, 1.807) is 0 Å². The molecule has 2 saturated heterocycles. The third kappa shape index (κ3) is 1.86. The smallest absolute Gasteiger partial charge is 0.306 e. The van der Waals surface area contributed by atoms with Gasteiger partial charge in [-0.15, -0.1) is 0 Å². The lowest BCUT2D eigenvalue weighted by Crippen LogP contribution is -2.58. The normalized spacial score (nSPS) is 52.0. The van der Waals surface area contributed by atoms with Crippen LogP contribution < -0.4 is 0 Å². The highest BCUT2D eigenvalue weighted by molar-refractivity contribution is 5.86. The molecular weight excluding hydrogens is 320 g/mol. The van der Waals surface area contributed by atoms with Gasteiger partial charge in [0.05, 0.1) is 24.4 Å². The van der Waals surface area contributed by atoms with Crippen molar-refractivity contribution in [2.24, 2.45) is 28.6 Å². The van der Waals surface area contributed by atoms with E-state index in [9.17, 15) is 14.7 Å². The van der Waals surface area contributed by atoms with Crippen LogP contribution in [0.4, 0.5) is 0 Å². The van der Waals surface area contributed by atoms with Gasteiger partial charge in [-0.2, -0.15) is 0 Å². The van der Waals surface area contributed by atoms with Crippen LogP contribution in [0.25, 0.3) is 0 Å². The molecule has 138 valence electrons. The Hall–Kier alpha value is -1.20. The standard InChI is InChI=1S/C20H28O5/c1-10(2)12-6-13(21)16-17-20(23,11(3)9-24-17)19(5)8-15(22)25-14(19)7-18(12,16)4/h10,12,14,16-17,23H,3,6-9H2,1-2,4-5H3/t12-,14+,16-,17-,18-,19+,20+/m0/s1. The summed E-state index contributed by atoms with van der Waals surface area (Å²) in [6, 6.07) is 0. The van der Waals surface area contributed by atoms with Crippen LogP contribution in [0, 0.1) is 28.6 Å². The molecular formula is C20H28O5. The number of carbonyl (C=O) groups is 2. The van der Waals surface area contributed by atoms with Crippen molar-refractivity contribution in [1.29, 1.82) is 0 Å². The summed E-state index contributed by atoms with van der Waals surface area (Å²) in [7, 11) is 0. The van der Waals surface area contributed by atoms with Crippen LogP contribution in [0.3, 0.4) is 0 Å². The average molecular weight is 348 g/mol. The number of aliphatic hydroxyl groups is 1. The molecule has 2 aliphatic heterocycles. The van der Waals surface area contributed by atoms with Crippen LogP contribution in [-0.4, -0.2) is 41.3 Å². The maximum Gasteiger partial charge on any atom is 0.306 e. The fraction of sp³-hybridized carbons (Fsp3) is 0.800. The van der Waals surface area contributed by atoms with E-state index in [4.69, 9.17) is 9.47 Å². The van der Waals surface area contributed by atoms with E-state index in [0.29, 0.717) is 24.3 Å². The van der Waals surface area contributed by atoms with Gasteiger partial charge in [-0.1, -0.05) is 34.3 Å². The predicted molar refractivity (Wildman–Crippen MR) is 90.6 cm³/mol. The Kier molecular flexibility index (Phi) is 3.41. The number of hydrogen-bond acceptors (Lipinski definition) is 5. The first kappa shape index (κ1) is 17.2. The summed E-state index contributed by atoms with van der Waals surface area (Å²) in [5.41, 5.74) is -2.01. The Bertz CT molecular complexity index is 669. The molecule has 0 radical (unpaired) electrons. The van der Waals surface area contributed by atoms with Gasteiger partial charge in [-0.3, -0.25) is 9.59 Å². The lowest BCUT2D eigenvalue weighted by molar-refractivity contribution is -0.148. The number of ether oxygens (including phenoxy) is 2. The zero-order valence-corrected chi connectivity index (χ0v) is 15.5. The van der Waals surface area contributed by atoms with Gasteiger partial charge < -0.3 is 14.6 Å². The first-order valence-corrected chi connectivity index (χ1v) is 9.30. The van der Waals surface area contributed by atoms with Crippen molar-refractivity contribution < 1.29 is 24.2 Å². The van der Waals surface area contributed by atoms with Gasteiger partial charge in [0.2, 0.25) is 0 Å². The number of Topliss-reactive ketones (excluding diaryl/α,β-unsaturated/α-hetero) is 1. The summed E-state index contributed by atoms with van der Waals surface area (Å²) in [6.45, 7) is 12.6. The minimum absolute atomic E-state index is 0.135. The fourth-order valence-electron chi connectivity index (χ4n) is 6.44. The Labute approximate surface area is 148 Å². The summed E-state index contributed by atoms with van der Waals surface area (Å²) < 4.78 is 11.7. The van der Waals surface area contributed by atoms with Crippen LogP contribution in [0.2, 0.25) is 0 Å². The first-order valence-electron chi connectivity index (χ1n) is 9.30. The second-order valence-electron chi connectivity index (χ2n) is 9.38. The molecule has 0 aromatic heterocycles. The lowest BCUT2D eigenvalue weighted by atomic mass is 9.63. The second-order valence-corrected chi connectivity index (χ2v) is 9.38. The molecule has 25 heavy (non-hydrogen) atoms. The van der Waals surface area contributed by atoms with Crippen molar-refractivity contribution in [2.45, 2.75) is 64.8 Å². The highest BCUT2D eigenvalue weighted by atomic mass is 16.6. The van der Waals surface area contributed by atoms with Gasteiger partial charge in [0, 0.05) is 6.42 Å². The number of hydrogen-bond donors (Lipinski definition) is 1. The van der Waals surface area contributed by atoms with E-state index >= 15 is 0 Å². The molecule has 1 N–H and O–H groups in total. The van der Waals surface area contributed by atoms with Gasteiger partial charge in [-0.25, -0.2) is 0 Å². The van der Waals surface area contributed by atoms with E-state index in [-0.39, 0.29) is 42.0 Å². The molecule has 2 aliphatic carbocycles. The summed E-state index contributed by atoms with van der Waals surface area (Å²) >= 11 is 0. The maximum absolute atomic E-state index is 13.0. The molecule has 2 saturated carbocycles. The Morgan fingerprint density at radius 1 is 1.28 bits per heavy atom. The molecule has 4 aliphatic rings. The van der Waals surface area contributed by atoms with Crippen LogP contribution >= 0.6 is 0 Å². The van der Waals surface area contributed by atoms with Crippen molar-refractivity contribution >= 4 is 11.8 Å². The van der Waals surface area contributed by atoms with Gasteiger partial charge in [0.25, 0.3) is 0 Å². The second kappa shape index (κ2) is 4.95. The zero-order chi connectivity index (χ0) is 18.4. The number of ketones is 1. The summed E-state index contributed by atoms with van der Waals surface area (Å²) in [5.74, 6) is 0.0119. The molecule has 0 unspecified atom stereocenters. The van der Waals surface area contributed by atoms with Crippen molar-refractivity contribution in [3.8, 4) is 0 Å². The Morgan fingerprint density at radius 2 is 1.96 bits per heavy atom. The van der Waals surface area contributed by atoms with Crippen LogP contribution in [0.15, 0.2) is 12.2 Å². The number of fused-ring (bicyclic) bond motifs is 5.